The molecule has 14 heteroatoms. The quantitative estimate of drug-likeness (QED) is 0.307. The summed E-state index contributed by atoms with van der Waals surface area (Å²) in [5, 5.41) is 2.30. The highest BCUT2D eigenvalue weighted by Crippen LogP contribution is 2.41. The molecule has 0 unspecified atom stereocenters. The first-order chi connectivity index (χ1) is 17.9. The highest BCUT2D eigenvalue weighted by molar-refractivity contribution is 7.88. The lowest BCUT2D eigenvalue weighted by atomic mass is 9.80. The number of aromatic nitrogens is 1. The van der Waals surface area contributed by atoms with Gasteiger partial charge in [0.05, 0.1) is 30.2 Å². The van der Waals surface area contributed by atoms with Crippen LogP contribution in [0.1, 0.15) is 43.0 Å². The molecule has 1 atom stereocenters. The minimum atomic E-state index is -3.44. The molecule has 38 heavy (non-hydrogen) atoms. The van der Waals surface area contributed by atoms with E-state index in [1.165, 1.54) is 0 Å². The van der Waals surface area contributed by atoms with Crippen molar-refractivity contribution in [2.45, 2.75) is 37.8 Å². The Morgan fingerprint density at radius 2 is 1.82 bits per heavy atom. The molecule has 0 bridgehead atoms. The maximum Gasteiger partial charge on any atom is 0.338 e. The van der Waals surface area contributed by atoms with E-state index in [1.807, 2.05) is 0 Å². The van der Waals surface area contributed by atoms with Crippen molar-refractivity contribution in [1.82, 2.24) is 15.0 Å². The van der Waals surface area contributed by atoms with E-state index in [0.29, 0.717) is 31.7 Å². The first-order valence-electron chi connectivity index (χ1n) is 11.5. The van der Waals surface area contributed by atoms with Gasteiger partial charge in [-0.3, -0.25) is 4.99 Å². The largest absolute Gasteiger partial charge is 0.466 e. The molecule has 2 N–H and O–H groups in total. The topological polar surface area (TPSA) is 110 Å². The smallest absolute Gasteiger partial charge is 0.338 e. The van der Waals surface area contributed by atoms with Crippen LogP contribution in [0, 0.1) is 29.2 Å². The third-order valence-corrected chi connectivity index (χ3v) is 7.53. The lowest BCUT2D eigenvalue weighted by molar-refractivity contribution is -0.136. The van der Waals surface area contributed by atoms with Gasteiger partial charge in [-0.05, 0) is 37.7 Å². The number of amidine groups is 1. The maximum atomic E-state index is 14.7. The van der Waals surface area contributed by atoms with Crippen LogP contribution in [0.15, 0.2) is 40.7 Å². The number of rotatable bonds is 6. The zero-order chi connectivity index (χ0) is 27.8. The SMILES string of the molecule is COC(=O)C1=C([C@H]2CC[C@H](NS(C)(=O)=O)CC2)NC(c2ncc(F)cc2F)=N[C@@H]1c1ccc(F)c(F)c1Cl. The van der Waals surface area contributed by atoms with Gasteiger partial charge in [0.15, 0.2) is 23.3 Å². The van der Waals surface area contributed by atoms with Crippen LogP contribution < -0.4 is 10.0 Å². The van der Waals surface area contributed by atoms with Gasteiger partial charge in [-0.2, -0.15) is 0 Å². The van der Waals surface area contributed by atoms with Crippen molar-refractivity contribution in [3.63, 3.8) is 0 Å². The predicted molar refractivity (Wildman–Crippen MR) is 131 cm³/mol. The van der Waals surface area contributed by atoms with Crippen LogP contribution in [0.4, 0.5) is 17.6 Å². The minimum Gasteiger partial charge on any atom is -0.466 e. The van der Waals surface area contributed by atoms with E-state index in [1.54, 1.807) is 0 Å². The molecule has 204 valence electrons. The van der Waals surface area contributed by atoms with E-state index in [-0.39, 0.29) is 40.3 Å². The number of sulfonamides is 1. The Morgan fingerprint density at radius 3 is 2.42 bits per heavy atom. The Bertz CT molecular complexity index is 1440. The predicted octanol–water partition coefficient (Wildman–Crippen LogP) is 3.92. The molecule has 0 saturated heterocycles. The number of hydrogen-bond acceptors (Lipinski definition) is 7. The van der Waals surface area contributed by atoms with Crippen LogP contribution in [-0.2, 0) is 19.6 Å². The van der Waals surface area contributed by atoms with E-state index in [2.05, 4.69) is 20.0 Å². The zero-order valence-electron chi connectivity index (χ0n) is 20.2. The maximum absolute atomic E-state index is 14.7. The van der Waals surface area contributed by atoms with E-state index >= 15 is 0 Å². The molecule has 1 aromatic heterocycles. The number of carbonyl (C=O) groups is 1. The number of aliphatic imine (C=N–C) groups is 1. The third-order valence-electron chi connectivity index (χ3n) is 6.39. The van der Waals surface area contributed by atoms with Crippen molar-refractivity contribution < 1.29 is 35.5 Å². The van der Waals surface area contributed by atoms with Crippen molar-refractivity contribution in [3.05, 3.63) is 75.2 Å². The molecule has 4 rings (SSSR count). The third kappa shape index (κ3) is 5.84. The molecule has 0 spiro atoms. The lowest BCUT2D eigenvalue weighted by Crippen LogP contribution is -2.41. The Hall–Kier alpha value is -3.03. The Morgan fingerprint density at radius 1 is 1.13 bits per heavy atom. The van der Waals surface area contributed by atoms with Crippen LogP contribution in [-0.4, -0.2) is 44.6 Å². The van der Waals surface area contributed by atoms with Crippen LogP contribution in [0.3, 0.4) is 0 Å². The van der Waals surface area contributed by atoms with Crippen LogP contribution in [0.25, 0.3) is 0 Å². The summed E-state index contributed by atoms with van der Waals surface area (Å²) in [5.41, 5.74) is -0.261. The zero-order valence-corrected chi connectivity index (χ0v) is 21.8. The van der Waals surface area contributed by atoms with Gasteiger partial charge in [0.25, 0.3) is 0 Å². The summed E-state index contributed by atoms with van der Waals surface area (Å²) >= 11 is 6.12. The number of allylic oxidation sites excluding steroid dienone is 1. The number of hydrogen-bond donors (Lipinski definition) is 2. The highest BCUT2D eigenvalue weighted by Gasteiger charge is 2.38. The summed E-state index contributed by atoms with van der Waals surface area (Å²) in [4.78, 5) is 21.2. The lowest BCUT2D eigenvalue weighted by Gasteiger charge is -2.35. The number of pyridine rings is 1. The fourth-order valence-corrected chi connectivity index (χ4v) is 5.81. The summed E-state index contributed by atoms with van der Waals surface area (Å²) in [6.07, 6.45) is 3.49. The number of benzene rings is 1. The molecule has 1 aromatic carbocycles. The first kappa shape index (κ1) is 28.0. The fourth-order valence-electron chi connectivity index (χ4n) is 4.71. The highest BCUT2D eigenvalue weighted by atomic mass is 35.5. The van der Waals surface area contributed by atoms with Gasteiger partial charge in [-0.15, -0.1) is 0 Å². The molecule has 2 aliphatic rings. The summed E-state index contributed by atoms with van der Waals surface area (Å²) in [5.74, 6) is -5.97. The monoisotopic (exact) mass is 574 g/mol. The normalized spacial score (nSPS) is 22.1. The number of nitrogens with zero attached hydrogens (tertiary/aromatic N) is 2. The fraction of sp³-hybridized carbons (Fsp3) is 0.375. The first-order valence-corrected chi connectivity index (χ1v) is 13.8. The van der Waals surface area contributed by atoms with Crippen LogP contribution in [0.2, 0.25) is 5.02 Å². The second-order valence-corrected chi connectivity index (χ2v) is 11.2. The van der Waals surface area contributed by atoms with Gasteiger partial charge in [-0.25, -0.2) is 40.5 Å². The molecule has 2 aromatic rings. The average Bonchev–Trinajstić information content (AvgIpc) is 2.86. The molecular formula is C24H23ClF4N4O4S. The van der Waals surface area contributed by atoms with Gasteiger partial charge >= 0.3 is 5.97 Å². The summed E-state index contributed by atoms with van der Waals surface area (Å²) in [6.45, 7) is 0. The number of ether oxygens (including phenoxy) is 1. The molecule has 1 aliphatic carbocycles. The molecule has 1 saturated carbocycles. The number of carbonyl (C=O) groups excluding carboxylic acids is 1. The van der Waals surface area contributed by atoms with Crippen molar-refractivity contribution in [2.75, 3.05) is 13.4 Å². The molecule has 1 aliphatic heterocycles. The summed E-state index contributed by atoms with van der Waals surface area (Å²) in [6, 6.07) is 0.899. The van der Waals surface area contributed by atoms with Gasteiger partial charge in [-0.1, -0.05) is 17.7 Å². The van der Waals surface area contributed by atoms with E-state index in [9.17, 15) is 30.8 Å². The molecule has 0 amide bonds. The second-order valence-electron chi connectivity index (χ2n) is 9.01. The van der Waals surface area contributed by atoms with Gasteiger partial charge < -0.3 is 10.1 Å². The summed E-state index contributed by atoms with van der Waals surface area (Å²) < 4.78 is 87.4. The number of esters is 1. The van der Waals surface area contributed by atoms with Crippen LogP contribution >= 0.6 is 11.6 Å². The average molecular weight is 575 g/mol. The minimum absolute atomic E-state index is 0.0637. The Labute approximate surface area is 221 Å². The number of halogens is 5. The van der Waals surface area contributed by atoms with Crippen molar-refractivity contribution >= 4 is 33.4 Å². The molecule has 8 nitrogen and oxygen atoms in total. The molecule has 2 heterocycles. The number of methoxy groups -OCH3 is 1. The van der Waals surface area contributed by atoms with E-state index in [4.69, 9.17) is 16.3 Å². The standard InChI is InChI=1S/C24H23ClF4N4O4S/c1-37-24(34)17-20(11-3-5-13(6-4-11)33-38(2,35)36)31-23(22-16(28)9-12(26)10-30-22)32-21(17)14-7-8-15(27)19(29)18(14)25/h7-11,13,21,33H,3-6H2,1-2H3,(H,31,32)/t11-,13-,21-/m1/s1. The van der Waals surface area contributed by atoms with Gasteiger partial charge in [0.1, 0.15) is 17.6 Å². The van der Waals surface area contributed by atoms with Crippen LogP contribution in [0.5, 0.6) is 0 Å². The van der Waals surface area contributed by atoms with Crippen molar-refractivity contribution in [2.24, 2.45) is 10.9 Å². The van der Waals surface area contributed by atoms with Gasteiger partial charge in [0, 0.05) is 23.4 Å². The Kier molecular flexibility index (Phi) is 8.09. The Balaban J connectivity index is 1.84. The molecule has 0 radical (unpaired) electrons. The van der Waals surface area contributed by atoms with E-state index < -0.39 is 50.3 Å². The molecule has 1 fully saturated rings. The van der Waals surface area contributed by atoms with Gasteiger partial charge in [0.2, 0.25) is 10.0 Å². The molecular weight excluding hydrogens is 552 g/mol. The van der Waals surface area contributed by atoms with E-state index in [0.717, 1.165) is 31.7 Å². The van der Waals surface area contributed by atoms with Crippen molar-refractivity contribution in [1.29, 1.82) is 0 Å². The van der Waals surface area contributed by atoms with Crippen molar-refractivity contribution in [3.8, 4) is 0 Å². The summed E-state index contributed by atoms with van der Waals surface area (Å²) in [7, 11) is -2.31. The number of nitrogens with one attached hydrogen (secondary N) is 2. The second kappa shape index (κ2) is 11.0.